The van der Waals surface area contributed by atoms with Gasteiger partial charge in [-0.05, 0) is 42.0 Å². The highest BCUT2D eigenvalue weighted by Gasteiger charge is 2.17. The number of carboxylic acid groups (broad SMARTS) is 1. The average Bonchev–Trinajstić information content (AvgIpc) is 3.31. The van der Waals surface area contributed by atoms with Crippen LogP contribution < -0.4 is 15.0 Å². The fraction of sp³-hybridized carbons (Fsp3) is 0.0769. The predicted molar refractivity (Wildman–Crippen MR) is 135 cm³/mol. The van der Waals surface area contributed by atoms with Crippen LogP contribution in [0, 0.1) is 0 Å². The van der Waals surface area contributed by atoms with Gasteiger partial charge in [0.1, 0.15) is 5.58 Å². The summed E-state index contributed by atoms with van der Waals surface area (Å²) >= 11 is 6.30. The van der Waals surface area contributed by atoms with E-state index in [1.165, 1.54) is 19.4 Å². The molecule has 0 radical (unpaired) electrons. The Balaban J connectivity index is 1.63. The second-order valence-corrected chi connectivity index (χ2v) is 8.09. The molecule has 5 aromatic rings. The first-order chi connectivity index (χ1) is 17.4. The van der Waals surface area contributed by atoms with Crippen molar-refractivity contribution in [2.45, 2.75) is 0 Å². The highest BCUT2D eigenvalue weighted by Crippen LogP contribution is 2.36. The van der Waals surface area contributed by atoms with E-state index in [4.69, 9.17) is 30.6 Å². The summed E-state index contributed by atoms with van der Waals surface area (Å²) < 4.78 is 17.7. The van der Waals surface area contributed by atoms with Crippen LogP contribution in [0.25, 0.3) is 33.5 Å². The van der Waals surface area contributed by atoms with Crippen LogP contribution in [0.2, 0.25) is 5.02 Å². The quantitative estimate of drug-likeness (QED) is 0.316. The summed E-state index contributed by atoms with van der Waals surface area (Å²) in [5, 5.41) is 14.7. The Morgan fingerprint density at radius 3 is 2.72 bits per heavy atom. The number of hydrogen-bond acceptors (Lipinski definition) is 7. The molecule has 0 fully saturated rings. The minimum atomic E-state index is -1.15. The number of methoxy groups -OCH3 is 1. The number of nitrogens with zero attached hydrogens (tertiary/aromatic N) is 3. The van der Waals surface area contributed by atoms with Crippen LogP contribution in [0.5, 0.6) is 11.5 Å². The number of para-hydroxylation sites is 2. The maximum absolute atomic E-state index is 13.4. The first-order valence-electron chi connectivity index (χ1n) is 10.7. The van der Waals surface area contributed by atoms with E-state index in [9.17, 15) is 9.59 Å². The third-order valence-electron chi connectivity index (χ3n) is 5.31. The number of carboxylic acids is 1. The Morgan fingerprint density at radius 1 is 1.17 bits per heavy atom. The Kier molecular flexibility index (Phi) is 6.14. The van der Waals surface area contributed by atoms with Crippen LogP contribution in [0.15, 0.2) is 81.0 Å². The van der Waals surface area contributed by atoms with E-state index in [1.807, 2.05) is 24.3 Å². The first kappa shape index (κ1) is 23.1. The SMILES string of the molecule is COc1cc(C=Nn2c(-c3cc4ccccc4o3)nc3ccccc3c2=O)cc(Cl)c1OCC(=O)O. The third-order valence-corrected chi connectivity index (χ3v) is 5.59. The van der Waals surface area contributed by atoms with Gasteiger partial charge in [-0.25, -0.2) is 9.78 Å². The molecule has 0 atom stereocenters. The molecule has 36 heavy (non-hydrogen) atoms. The van der Waals surface area contributed by atoms with Crippen molar-refractivity contribution in [3.63, 3.8) is 0 Å². The van der Waals surface area contributed by atoms with E-state index < -0.39 is 12.6 Å². The Labute approximate surface area is 208 Å². The van der Waals surface area contributed by atoms with E-state index in [-0.39, 0.29) is 27.9 Å². The van der Waals surface area contributed by atoms with Crippen molar-refractivity contribution in [1.29, 1.82) is 0 Å². The highest BCUT2D eigenvalue weighted by atomic mass is 35.5. The van der Waals surface area contributed by atoms with Gasteiger partial charge in [0, 0.05) is 5.39 Å². The zero-order chi connectivity index (χ0) is 25.2. The first-order valence-corrected chi connectivity index (χ1v) is 11.1. The molecule has 0 saturated heterocycles. The fourth-order valence-corrected chi connectivity index (χ4v) is 3.97. The number of aliphatic carboxylic acids is 1. The lowest BCUT2D eigenvalue weighted by atomic mass is 10.2. The van der Waals surface area contributed by atoms with Crippen molar-refractivity contribution in [3.8, 4) is 23.1 Å². The van der Waals surface area contributed by atoms with Crippen LogP contribution in [-0.2, 0) is 4.79 Å². The van der Waals surface area contributed by atoms with Crippen LogP contribution in [-0.4, -0.2) is 40.7 Å². The van der Waals surface area contributed by atoms with Crippen molar-refractivity contribution in [1.82, 2.24) is 9.66 Å². The van der Waals surface area contributed by atoms with Crippen LogP contribution in [0.3, 0.4) is 0 Å². The largest absolute Gasteiger partial charge is 0.493 e. The predicted octanol–water partition coefficient (Wildman–Crippen LogP) is 4.82. The molecular formula is C26H18ClN3O6. The molecule has 180 valence electrons. The topological polar surface area (TPSA) is 116 Å². The zero-order valence-corrected chi connectivity index (χ0v) is 19.6. The van der Waals surface area contributed by atoms with E-state index >= 15 is 0 Å². The third kappa shape index (κ3) is 4.39. The van der Waals surface area contributed by atoms with Crippen molar-refractivity contribution in [3.05, 3.63) is 87.7 Å². The van der Waals surface area contributed by atoms with Crippen LogP contribution in [0.1, 0.15) is 5.56 Å². The second-order valence-electron chi connectivity index (χ2n) is 7.68. The number of carbonyl (C=O) groups is 1. The van der Waals surface area contributed by atoms with Crippen molar-refractivity contribution < 1.29 is 23.8 Å². The van der Waals surface area contributed by atoms with Gasteiger partial charge < -0.3 is 19.0 Å². The van der Waals surface area contributed by atoms with Gasteiger partial charge in [-0.15, -0.1) is 0 Å². The number of furan rings is 1. The minimum absolute atomic E-state index is 0.0891. The van der Waals surface area contributed by atoms with Gasteiger partial charge >= 0.3 is 5.97 Å². The zero-order valence-electron chi connectivity index (χ0n) is 18.8. The number of fused-ring (bicyclic) bond motifs is 2. The number of ether oxygens (including phenoxy) is 2. The van der Waals surface area contributed by atoms with E-state index in [0.717, 1.165) is 10.1 Å². The smallest absolute Gasteiger partial charge is 0.341 e. The van der Waals surface area contributed by atoms with Crippen molar-refractivity contribution in [2.24, 2.45) is 5.10 Å². The van der Waals surface area contributed by atoms with Gasteiger partial charge in [-0.1, -0.05) is 41.9 Å². The Hall–Kier alpha value is -4.63. The molecule has 0 aliphatic heterocycles. The monoisotopic (exact) mass is 503 g/mol. The standard InChI is InChI=1S/C26H18ClN3O6/c1-34-21-11-15(10-18(27)24(21)35-14-23(31)32)13-28-30-25(22-12-16-6-2-5-9-20(16)36-22)29-19-8-4-3-7-17(19)26(30)33/h2-13H,14H2,1H3,(H,31,32). The summed E-state index contributed by atoms with van der Waals surface area (Å²) in [7, 11) is 1.40. The van der Waals surface area contributed by atoms with Crippen molar-refractivity contribution >= 4 is 45.7 Å². The van der Waals surface area contributed by atoms with Gasteiger partial charge in [0.25, 0.3) is 5.56 Å². The second kappa shape index (κ2) is 9.55. The molecule has 0 bridgehead atoms. The number of hydrogen-bond donors (Lipinski definition) is 1. The normalized spacial score (nSPS) is 11.4. The van der Waals surface area contributed by atoms with Crippen molar-refractivity contribution in [2.75, 3.05) is 13.7 Å². The maximum atomic E-state index is 13.4. The Morgan fingerprint density at radius 2 is 1.94 bits per heavy atom. The summed E-state index contributed by atoms with van der Waals surface area (Å²) in [5.41, 5.74) is 1.26. The van der Waals surface area contributed by atoms with E-state index in [0.29, 0.717) is 27.8 Å². The maximum Gasteiger partial charge on any atom is 0.341 e. The molecule has 5 rings (SSSR count). The lowest BCUT2D eigenvalue weighted by Crippen LogP contribution is -2.20. The Bertz CT molecular complexity index is 1670. The molecular weight excluding hydrogens is 486 g/mol. The van der Waals surface area contributed by atoms with E-state index in [1.54, 1.807) is 36.4 Å². The summed E-state index contributed by atoms with van der Waals surface area (Å²) in [6.07, 6.45) is 1.42. The molecule has 9 nitrogen and oxygen atoms in total. The van der Waals surface area contributed by atoms with Gasteiger partial charge in [0.05, 0.1) is 29.2 Å². The van der Waals surface area contributed by atoms with Gasteiger partial charge in [0.15, 0.2) is 23.9 Å². The molecule has 2 aromatic heterocycles. The molecule has 0 aliphatic carbocycles. The highest BCUT2D eigenvalue weighted by molar-refractivity contribution is 6.32. The van der Waals surface area contributed by atoms with Gasteiger partial charge in [-0.2, -0.15) is 9.78 Å². The molecule has 0 aliphatic rings. The molecule has 3 aromatic carbocycles. The van der Waals surface area contributed by atoms with E-state index in [2.05, 4.69) is 10.1 Å². The summed E-state index contributed by atoms with van der Waals surface area (Å²) in [6.45, 7) is -0.581. The molecule has 0 amide bonds. The van der Waals surface area contributed by atoms with Gasteiger partial charge in [-0.3, -0.25) is 4.79 Å². The minimum Gasteiger partial charge on any atom is -0.493 e. The lowest BCUT2D eigenvalue weighted by molar-refractivity contribution is -0.139. The lowest BCUT2D eigenvalue weighted by Gasteiger charge is -2.12. The summed E-state index contributed by atoms with van der Waals surface area (Å²) in [5.74, 6) is -0.243. The molecule has 0 spiro atoms. The number of halogens is 1. The van der Waals surface area contributed by atoms with Gasteiger partial charge in [0.2, 0.25) is 5.82 Å². The van der Waals surface area contributed by atoms with Crippen LogP contribution in [0.4, 0.5) is 0 Å². The number of rotatable bonds is 7. The summed E-state index contributed by atoms with van der Waals surface area (Å²) in [4.78, 5) is 28.9. The van der Waals surface area contributed by atoms with Crippen LogP contribution >= 0.6 is 11.6 Å². The number of aromatic nitrogens is 2. The summed E-state index contributed by atoms with van der Waals surface area (Å²) in [6, 6.07) is 19.3. The average molecular weight is 504 g/mol. The molecule has 2 heterocycles. The number of benzene rings is 3. The molecule has 10 heteroatoms. The molecule has 0 unspecified atom stereocenters. The fourth-order valence-electron chi connectivity index (χ4n) is 3.70. The molecule has 0 saturated carbocycles. The molecule has 1 N–H and O–H groups in total.